The fourth-order valence-corrected chi connectivity index (χ4v) is 2.52. The lowest BCUT2D eigenvalue weighted by molar-refractivity contribution is -0.122. The molecule has 0 heterocycles. The van der Waals surface area contributed by atoms with Crippen molar-refractivity contribution in [2.45, 2.75) is 12.8 Å². The number of hydrogen-bond donors (Lipinski definition) is 4. The number of aromatic hydroxyl groups is 1. The molecule has 0 radical (unpaired) electrons. The smallest absolute Gasteiger partial charge is 0.251 e. The van der Waals surface area contributed by atoms with Gasteiger partial charge >= 0.3 is 0 Å². The van der Waals surface area contributed by atoms with Gasteiger partial charge in [-0.15, -0.1) is 0 Å². The molecule has 8 nitrogen and oxygen atoms in total. The summed E-state index contributed by atoms with van der Waals surface area (Å²) in [5.74, 6) is -1.67. The quantitative estimate of drug-likeness (QED) is 0.541. The first-order chi connectivity index (χ1) is 13.4. The molecule has 0 aliphatic heterocycles. The normalized spacial score (nSPS) is 11.0. The van der Waals surface area contributed by atoms with Crippen LogP contribution in [0.4, 0.5) is 5.69 Å². The van der Waals surface area contributed by atoms with Crippen LogP contribution in [-0.4, -0.2) is 35.9 Å². The fraction of sp³-hybridized carbons (Fsp3) is 0.200. The average molecular weight is 380 g/mol. The van der Waals surface area contributed by atoms with E-state index in [-0.39, 0.29) is 30.7 Å². The molecule has 2 aromatic rings. The molecule has 0 bridgehead atoms. The van der Waals surface area contributed by atoms with Crippen molar-refractivity contribution in [1.82, 2.24) is 10.6 Å². The molecule has 0 saturated heterocycles. The summed E-state index contributed by atoms with van der Waals surface area (Å²) >= 11 is 0. The Bertz CT molecular complexity index is 886. The van der Waals surface area contributed by atoms with Crippen LogP contribution in [0.3, 0.4) is 0 Å². The number of phenolic OH excluding ortho intramolecular Hbond substituents is 1. The van der Waals surface area contributed by atoms with Gasteiger partial charge in [0.05, 0.1) is 12.0 Å². The van der Waals surface area contributed by atoms with Crippen LogP contribution in [0.2, 0.25) is 0 Å². The monoisotopic (exact) mass is 380 g/mol. The van der Waals surface area contributed by atoms with E-state index in [0.717, 1.165) is 0 Å². The summed E-state index contributed by atoms with van der Waals surface area (Å²) in [7, 11) is 0. The zero-order valence-electron chi connectivity index (χ0n) is 15.2. The molecular formula is C20H20N4O4. The summed E-state index contributed by atoms with van der Waals surface area (Å²) in [6.45, 7) is 1.25. The number of nitrogens with one attached hydrogen (secondary N) is 3. The minimum atomic E-state index is -0.725. The van der Waals surface area contributed by atoms with Crippen molar-refractivity contribution >= 4 is 23.4 Å². The first kappa shape index (κ1) is 20.5. The zero-order valence-corrected chi connectivity index (χ0v) is 15.2. The van der Waals surface area contributed by atoms with Crippen molar-refractivity contribution in [3.63, 3.8) is 0 Å². The predicted molar refractivity (Wildman–Crippen MR) is 103 cm³/mol. The van der Waals surface area contributed by atoms with E-state index in [4.69, 9.17) is 5.26 Å². The topological polar surface area (TPSA) is 131 Å². The number of carbonyl (C=O) groups is 3. The lowest BCUT2D eigenvalue weighted by atomic mass is 9.97. The Kier molecular flexibility index (Phi) is 7.11. The maximum atomic E-state index is 12.4. The second kappa shape index (κ2) is 9.73. The molecule has 4 N–H and O–H groups in total. The molecule has 1 atom stereocenters. The number of nitrogens with zero attached hydrogens (tertiary/aromatic N) is 1. The van der Waals surface area contributed by atoms with Crippen molar-refractivity contribution < 1.29 is 19.5 Å². The number of phenols is 1. The molecule has 0 fully saturated rings. The van der Waals surface area contributed by atoms with Crippen molar-refractivity contribution in [3.05, 3.63) is 59.7 Å². The van der Waals surface area contributed by atoms with E-state index < -0.39 is 11.8 Å². The molecule has 144 valence electrons. The van der Waals surface area contributed by atoms with Gasteiger partial charge in [-0.3, -0.25) is 14.4 Å². The summed E-state index contributed by atoms with van der Waals surface area (Å²) in [6, 6.07) is 14.2. The third-order valence-corrected chi connectivity index (χ3v) is 3.89. The van der Waals surface area contributed by atoms with E-state index in [1.807, 2.05) is 6.07 Å². The van der Waals surface area contributed by atoms with Crippen molar-refractivity contribution in [2.75, 3.05) is 18.4 Å². The van der Waals surface area contributed by atoms with Crippen LogP contribution >= 0.6 is 0 Å². The Balaban J connectivity index is 2.08. The zero-order chi connectivity index (χ0) is 20.5. The maximum absolute atomic E-state index is 12.4. The summed E-state index contributed by atoms with van der Waals surface area (Å²) in [6.07, 6.45) is 0. The molecule has 0 aliphatic rings. The average Bonchev–Trinajstić information content (AvgIpc) is 2.67. The second-order valence-electron chi connectivity index (χ2n) is 5.99. The summed E-state index contributed by atoms with van der Waals surface area (Å²) < 4.78 is 0. The molecular weight excluding hydrogens is 360 g/mol. The number of hydrogen-bond acceptors (Lipinski definition) is 5. The molecule has 8 heteroatoms. The number of benzene rings is 2. The van der Waals surface area contributed by atoms with Crippen LogP contribution < -0.4 is 16.0 Å². The molecule has 0 spiro atoms. The number of amides is 3. The van der Waals surface area contributed by atoms with Gasteiger partial charge in [-0.1, -0.05) is 12.1 Å². The van der Waals surface area contributed by atoms with Gasteiger partial charge in [0.15, 0.2) is 0 Å². The van der Waals surface area contributed by atoms with Gasteiger partial charge < -0.3 is 21.1 Å². The minimum Gasteiger partial charge on any atom is -0.508 e. The molecule has 1 unspecified atom stereocenters. The molecule has 2 aromatic carbocycles. The number of anilines is 1. The molecule has 3 amide bonds. The van der Waals surface area contributed by atoms with Crippen molar-refractivity contribution in [1.29, 1.82) is 5.26 Å². The first-order valence-corrected chi connectivity index (χ1v) is 8.50. The highest BCUT2D eigenvalue weighted by Gasteiger charge is 2.21. The van der Waals surface area contributed by atoms with E-state index in [1.165, 1.54) is 19.1 Å². The van der Waals surface area contributed by atoms with Crippen LogP contribution in [0.1, 0.15) is 28.8 Å². The Labute approximate surface area is 162 Å². The van der Waals surface area contributed by atoms with Crippen LogP contribution in [0.25, 0.3) is 0 Å². The predicted octanol–water partition coefficient (Wildman–Crippen LogP) is 1.50. The third kappa shape index (κ3) is 5.85. The van der Waals surface area contributed by atoms with Crippen molar-refractivity contribution in [2.24, 2.45) is 0 Å². The Hall–Kier alpha value is -3.86. The van der Waals surface area contributed by atoms with Gasteiger partial charge in [0.2, 0.25) is 11.8 Å². The van der Waals surface area contributed by atoms with E-state index in [2.05, 4.69) is 16.0 Å². The number of nitriles is 1. The van der Waals surface area contributed by atoms with Gasteiger partial charge in [0.25, 0.3) is 5.91 Å². The van der Waals surface area contributed by atoms with Crippen LogP contribution in [0, 0.1) is 11.3 Å². The SMILES string of the molecule is CC(=O)Nc1ccc(C(=O)NCC(C(=O)NCC#N)c2ccc(O)cc2)cc1. The van der Waals surface area contributed by atoms with E-state index in [9.17, 15) is 19.5 Å². The number of carbonyl (C=O) groups excluding carboxylic acids is 3. The Morgan fingerprint density at radius 3 is 2.25 bits per heavy atom. The molecule has 0 saturated carbocycles. The molecule has 0 aromatic heterocycles. The van der Waals surface area contributed by atoms with Crippen LogP contribution in [0.5, 0.6) is 5.75 Å². The maximum Gasteiger partial charge on any atom is 0.251 e. The van der Waals surface area contributed by atoms with Crippen molar-refractivity contribution in [3.8, 4) is 11.8 Å². The van der Waals surface area contributed by atoms with Gasteiger partial charge in [-0.2, -0.15) is 5.26 Å². The van der Waals surface area contributed by atoms with Gasteiger partial charge in [-0.25, -0.2) is 0 Å². The van der Waals surface area contributed by atoms with Gasteiger partial charge in [-0.05, 0) is 42.0 Å². The van der Waals surface area contributed by atoms with E-state index in [1.54, 1.807) is 36.4 Å². The lowest BCUT2D eigenvalue weighted by Gasteiger charge is -2.17. The van der Waals surface area contributed by atoms with Gasteiger partial charge in [0.1, 0.15) is 12.3 Å². The molecule has 0 aliphatic carbocycles. The summed E-state index contributed by atoms with van der Waals surface area (Å²) in [4.78, 5) is 35.8. The largest absolute Gasteiger partial charge is 0.508 e. The van der Waals surface area contributed by atoms with Crippen LogP contribution in [0.15, 0.2) is 48.5 Å². The third-order valence-electron chi connectivity index (χ3n) is 3.89. The highest BCUT2D eigenvalue weighted by atomic mass is 16.3. The fourth-order valence-electron chi connectivity index (χ4n) is 2.52. The molecule has 28 heavy (non-hydrogen) atoms. The minimum absolute atomic E-state index is 0.00825. The first-order valence-electron chi connectivity index (χ1n) is 8.50. The Morgan fingerprint density at radius 1 is 1.04 bits per heavy atom. The standard InChI is InChI=1S/C20H20N4O4/c1-13(25)24-16-6-2-15(3-7-16)19(27)23-12-18(20(28)22-11-10-21)14-4-8-17(26)9-5-14/h2-9,18,26H,11-12H2,1H3,(H,22,28)(H,23,27)(H,24,25). The highest BCUT2D eigenvalue weighted by Crippen LogP contribution is 2.19. The number of rotatable bonds is 7. The van der Waals surface area contributed by atoms with E-state index in [0.29, 0.717) is 16.8 Å². The summed E-state index contributed by atoms with van der Waals surface area (Å²) in [5, 5.41) is 25.9. The second-order valence-corrected chi connectivity index (χ2v) is 5.99. The Morgan fingerprint density at radius 2 is 1.68 bits per heavy atom. The van der Waals surface area contributed by atoms with Crippen LogP contribution in [-0.2, 0) is 9.59 Å². The van der Waals surface area contributed by atoms with Gasteiger partial charge in [0, 0.05) is 24.7 Å². The highest BCUT2D eigenvalue weighted by molar-refractivity contribution is 5.96. The lowest BCUT2D eigenvalue weighted by Crippen LogP contribution is -2.37. The summed E-state index contributed by atoms with van der Waals surface area (Å²) in [5.41, 5.74) is 1.53. The molecule has 2 rings (SSSR count). The van der Waals surface area contributed by atoms with E-state index >= 15 is 0 Å².